The normalized spacial score (nSPS) is 18.0. The number of aromatic nitrogens is 4. The third-order valence-corrected chi connectivity index (χ3v) is 16.6. The Morgan fingerprint density at radius 3 is 2.00 bits per heavy atom. The Bertz CT molecular complexity index is 2580. The minimum atomic E-state index is -2.60. The monoisotopic (exact) mass is 902 g/mol. The molecule has 342 valence electrons. The van der Waals surface area contributed by atoms with Gasteiger partial charge in [-0.3, -0.25) is 13.9 Å². The van der Waals surface area contributed by atoms with Gasteiger partial charge in [0, 0.05) is 14.1 Å². The van der Waals surface area contributed by atoms with Crippen molar-refractivity contribution in [1.82, 2.24) is 24.0 Å². The van der Waals surface area contributed by atoms with E-state index in [2.05, 4.69) is 43.8 Å². The SMILES string of the molecule is COc1ccc(C(OC[C@H]2O[C@@H](n3cnc4c(=O)n(CCOC(=O)c5ccccc5)c(N=CN(C)C)nc43)[C@H](O[Si](C)(C)C(C)(C)C)[C@H]2O)(c2ccccc2)c2ccc(OC)cc2)cc1. The van der Waals surface area contributed by atoms with E-state index in [1.54, 1.807) is 62.0 Å². The molecule has 4 aromatic carbocycles. The number of benzene rings is 4. The van der Waals surface area contributed by atoms with Crippen LogP contribution in [0.1, 0.15) is 54.0 Å². The summed E-state index contributed by atoms with van der Waals surface area (Å²) in [5, 5.41) is 12.2. The van der Waals surface area contributed by atoms with Crippen LogP contribution in [0.2, 0.25) is 18.1 Å². The molecule has 0 bridgehead atoms. The number of carbonyl (C=O) groups excluding carboxylic acids is 1. The number of hydrogen-bond acceptors (Lipinski definition) is 12. The smallest absolute Gasteiger partial charge is 0.338 e. The zero-order valence-electron chi connectivity index (χ0n) is 38.4. The lowest BCUT2D eigenvalue weighted by atomic mass is 9.80. The second kappa shape index (κ2) is 19.5. The molecule has 65 heavy (non-hydrogen) atoms. The Morgan fingerprint density at radius 2 is 1.45 bits per heavy atom. The number of aliphatic hydroxyl groups is 1. The van der Waals surface area contributed by atoms with Crippen molar-refractivity contribution in [2.75, 3.05) is 41.5 Å². The second-order valence-electron chi connectivity index (χ2n) is 17.6. The van der Waals surface area contributed by atoms with E-state index < -0.39 is 50.0 Å². The molecule has 2 aromatic heterocycles. The minimum absolute atomic E-state index is 0.0337. The van der Waals surface area contributed by atoms with Crippen molar-refractivity contribution < 1.29 is 38.0 Å². The van der Waals surface area contributed by atoms with Crippen molar-refractivity contribution in [2.24, 2.45) is 4.99 Å². The number of methoxy groups -OCH3 is 2. The molecule has 0 aliphatic carbocycles. The molecule has 3 heterocycles. The Balaban J connectivity index is 1.29. The molecule has 0 unspecified atom stereocenters. The van der Waals surface area contributed by atoms with Gasteiger partial charge in [0.05, 0.1) is 45.6 Å². The number of ether oxygens (including phenoxy) is 5. The molecule has 6 aromatic rings. The average Bonchev–Trinajstić information content (AvgIpc) is 3.86. The molecule has 1 saturated heterocycles. The van der Waals surface area contributed by atoms with Gasteiger partial charge in [-0.15, -0.1) is 0 Å². The van der Waals surface area contributed by atoms with Crippen LogP contribution in [0.4, 0.5) is 5.95 Å². The van der Waals surface area contributed by atoms with Crippen molar-refractivity contribution in [2.45, 2.75) is 75.6 Å². The third kappa shape index (κ3) is 9.77. The summed E-state index contributed by atoms with van der Waals surface area (Å²) in [6.45, 7) is 10.3. The van der Waals surface area contributed by atoms with Crippen molar-refractivity contribution in [1.29, 1.82) is 0 Å². The molecule has 0 spiro atoms. The van der Waals surface area contributed by atoms with E-state index in [0.29, 0.717) is 17.1 Å². The predicted molar refractivity (Wildman–Crippen MR) is 251 cm³/mol. The molecule has 16 heteroatoms. The molecular formula is C49H58N6O9Si. The zero-order valence-corrected chi connectivity index (χ0v) is 39.4. The van der Waals surface area contributed by atoms with Crippen LogP contribution in [-0.2, 0) is 30.8 Å². The summed E-state index contributed by atoms with van der Waals surface area (Å²) in [4.78, 5) is 42.7. The van der Waals surface area contributed by atoms with Crippen LogP contribution < -0.4 is 15.0 Å². The Labute approximate surface area is 380 Å². The molecule has 1 aliphatic rings. The van der Waals surface area contributed by atoms with Crippen LogP contribution in [0.15, 0.2) is 125 Å². The van der Waals surface area contributed by atoms with Crippen LogP contribution in [-0.4, -0.2) is 110 Å². The highest BCUT2D eigenvalue weighted by Crippen LogP contribution is 2.45. The molecule has 1 N–H and O–H groups in total. The first-order chi connectivity index (χ1) is 31.1. The largest absolute Gasteiger partial charge is 0.497 e. The van der Waals surface area contributed by atoms with E-state index in [1.165, 1.54) is 17.2 Å². The fourth-order valence-electron chi connectivity index (χ4n) is 7.54. The Hall–Kier alpha value is -6.17. The summed E-state index contributed by atoms with van der Waals surface area (Å²) in [7, 11) is 4.24. The summed E-state index contributed by atoms with van der Waals surface area (Å²) in [6, 6.07) is 33.9. The van der Waals surface area contributed by atoms with Gasteiger partial charge in [-0.2, -0.15) is 4.98 Å². The maximum absolute atomic E-state index is 14.3. The van der Waals surface area contributed by atoms with E-state index in [1.807, 2.05) is 84.9 Å². The van der Waals surface area contributed by atoms with Gasteiger partial charge in [0.25, 0.3) is 5.56 Å². The summed E-state index contributed by atoms with van der Waals surface area (Å²) in [5.74, 6) is 0.903. The molecule has 1 aliphatic heterocycles. The average molecular weight is 903 g/mol. The van der Waals surface area contributed by atoms with Crippen molar-refractivity contribution >= 4 is 37.7 Å². The first-order valence-corrected chi connectivity index (χ1v) is 24.4. The second-order valence-corrected chi connectivity index (χ2v) is 22.4. The highest BCUT2D eigenvalue weighted by molar-refractivity contribution is 6.74. The lowest BCUT2D eigenvalue weighted by Gasteiger charge is -2.40. The maximum Gasteiger partial charge on any atom is 0.338 e. The van der Waals surface area contributed by atoms with Gasteiger partial charge in [-0.1, -0.05) is 93.6 Å². The van der Waals surface area contributed by atoms with Crippen LogP contribution in [0.3, 0.4) is 0 Å². The summed E-state index contributed by atoms with van der Waals surface area (Å²) >= 11 is 0. The quantitative estimate of drug-likeness (QED) is 0.0319. The van der Waals surface area contributed by atoms with Gasteiger partial charge in [-0.25, -0.2) is 14.8 Å². The van der Waals surface area contributed by atoms with Crippen LogP contribution in [0.25, 0.3) is 11.2 Å². The fourth-order valence-corrected chi connectivity index (χ4v) is 8.83. The minimum Gasteiger partial charge on any atom is -0.497 e. The van der Waals surface area contributed by atoms with E-state index in [9.17, 15) is 14.7 Å². The Morgan fingerprint density at radius 1 is 0.877 bits per heavy atom. The molecule has 7 rings (SSSR count). The number of aliphatic hydroxyl groups excluding tert-OH is 1. The number of imidazole rings is 1. The van der Waals surface area contributed by atoms with Crippen LogP contribution in [0, 0.1) is 0 Å². The number of nitrogens with zero attached hydrogens (tertiary/aromatic N) is 6. The van der Waals surface area contributed by atoms with E-state index in [0.717, 1.165) is 16.7 Å². The standard InChI is InChI=1S/C49H58N6O9Si/c1-48(2,3)65(8,9)64-42-41(56)39(30-62-49(34-18-14-11-15-19-34,35-20-24-37(59-6)25-21-35)36-22-26-38(60-7)27-23-36)63-45(42)55-32-50-40-43(55)52-47(51-31-53(4)5)54(44(40)57)28-29-61-46(58)33-16-12-10-13-17-33/h10-27,31-32,39,41-42,45,56H,28-30H2,1-9H3/t39-,41+,42-,45-/m1/s1. The number of aliphatic imine (C=N–C) groups is 1. The van der Waals surface area contributed by atoms with Crippen molar-refractivity contribution in [3.05, 3.63) is 148 Å². The lowest BCUT2D eigenvalue weighted by molar-refractivity contribution is -0.0940. The lowest BCUT2D eigenvalue weighted by Crippen LogP contribution is -2.49. The van der Waals surface area contributed by atoms with Crippen molar-refractivity contribution in [3.63, 3.8) is 0 Å². The summed E-state index contributed by atoms with van der Waals surface area (Å²) in [6.07, 6.45) is -1.05. The van der Waals surface area contributed by atoms with E-state index in [4.69, 9.17) is 33.1 Å². The zero-order chi connectivity index (χ0) is 46.5. The van der Waals surface area contributed by atoms with Crippen LogP contribution in [0.5, 0.6) is 11.5 Å². The van der Waals surface area contributed by atoms with Crippen molar-refractivity contribution in [3.8, 4) is 11.5 Å². The van der Waals surface area contributed by atoms with E-state index in [-0.39, 0.29) is 41.9 Å². The topological polar surface area (TPSA) is 161 Å². The molecule has 0 saturated carbocycles. The molecule has 4 atom stereocenters. The highest BCUT2D eigenvalue weighted by atomic mass is 28.4. The number of hydrogen-bond donors (Lipinski definition) is 1. The van der Waals surface area contributed by atoms with Gasteiger partial charge in [0.15, 0.2) is 25.7 Å². The van der Waals surface area contributed by atoms with Crippen LogP contribution >= 0.6 is 0 Å². The highest BCUT2D eigenvalue weighted by Gasteiger charge is 2.52. The summed E-state index contributed by atoms with van der Waals surface area (Å²) < 4.78 is 40.7. The van der Waals surface area contributed by atoms with Gasteiger partial charge < -0.3 is 38.1 Å². The Kier molecular flexibility index (Phi) is 14.1. The first kappa shape index (κ1) is 46.8. The molecule has 0 radical (unpaired) electrons. The predicted octanol–water partition coefficient (Wildman–Crippen LogP) is 7.35. The van der Waals surface area contributed by atoms with E-state index >= 15 is 0 Å². The van der Waals surface area contributed by atoms with Gasteiger partial charge in [0.1, 0.15) is 42.0 Å². The number of esters is 1. The third-order valence-electron chi connectivity index (χ3n) is 12.1. The number of rotatable bonds is 17. The summed E-state index contributed by atoms with van der Waals surface area (Å²) in [5.41, 5.74) is 1.38. The fraction of sp³-hybridized carbons (Fsp3) is 0.367. The van der Waals surface area contributed by atoms with Gasteiger partial charge >= 0.3 is 5.97 Å². The number of carbonyl (C=O) groups is 1. The van der Waals surface area contributed by atoms with Gasteiger partial charge in [-0.05, 0) is 71.2 Å². The molecular weight excluding hydrogens is 845 g/mol. The first-order valence-electron chi connectivity index (χ1n) is 21.5. The maximum atomic E-state index is 14.3. The molecule has 0 amide bonds. The molecule has 1 fully saturated rings. The molecule has 15 nitrogen and oxygen atoms in total. The van der Waals surface area contributed by atoms with Gasteiger partial charge in [0.2, 0.25) is 5.95 Å². The number of fused-ring (bicyclic) bond motifs is 1.